The summed E-state index contributed by atoms with van der Waals surface area (Å²) in [5, 5.41) is 3.77. The fraction of sp³-hybridized carbons (Fsp3) is 0.364. The molecule has 0 atom stereocenters. The summed E-state index contributed by atoms with van der Waals surface area (Å²) in [7, 11) is 0. The first-order valence-electron chi connectivity index (χ1n) is 4.76. The van der Waals surface area contributed by atoms with Crippen molar-refractivity contribution in [2.75, 3.05) is 6.61 Å². The number of nitrogens with zero attached hydrogens (tertiary/aromatic N) is 1. The number of hydrogen-bond donors (Lipinski definition) is 0. The van der Waals surface area contributed by atoms with Crippen molar-refractivity contribution < 1.29 is 9.53 Å². The number of para-hydroxylation sites is 1. The van der Waals surface area contributed by atoms with E-state index in [1.807, 2.05) is 25.1 Å². The Bertz CT molecular complexity index is 272. The van der Waals surface area contributed by atoms with E-state index in [1.165, 1.54) is 0 Å². The normalized spacial score (nSPS) is 9.50. The summed E-state index contributed by atoms with van der Waals surface area (Å²) in [5.74, 6) is 0. The van der Waals surface area contributed by atoms with Gasteiger partial charge in [0.1, 0.15) is 0 Å². The largest absolute Gasteiger partial charge is 0.448 e. The van der Waals surface area contributed by atoms with Gasteiger partial charge in [0.25, 0.3) is 0 Å². The lowest BCUT2D eigenvalue weighted by Crippen LogP contribution is -2.13. The van der Waals surface area contributed by atoms with Gasteiger partial charge in [-0.3, -0.25) is 0 Å². The fourth-order valence-electron chi connectivity index (χ4n) is 0.944. The molecule has 0 fully saturated rings. The van der Waals surface area contributed by atoms with Crippen LogP contribution in [-0.4, -0.2) is 12.7 Å². The van der Waals surface area contributed by atoms with Gasteiger partial charge in [-0.05, 0) is 18.6 Å². The van der Waals surface area contributed by atoms with Crippen LogP contribution >= 0.6 is 0 Å². The Morgan fingerprint density at radius 3 is 2.71 bits per heavy atom. The molecule has 3 nitrogen and oxygen atoms in total. The molecular weight excluding hydrogens is 178 g/mol. The number of benzene rings is 1. The van der Waals surface area contributed by atoms with Gasteiger partial charge < -0.3 is 4.74 Å². The van der Waals surface area contributed by atoms with E-state index in [2.05, 4.69) is 5.32 Å². The van der Waals surface area contributed by atoms with Crippen molar-refractivity contribution in [3.05, 3.63) is 30.3 Å². The number of amides is 1. The first kappa shape index (κ1) is 10.6. The minimum atomic E-state index is -0.510. The van der Waals surface area contributed by atoms with Gasteiger partial charge in [-0.1, -0.05) is 31.5 Å². The lowest BCUT2D eigenvalue weighted by Gasteiger charge is -2.02. The summed E-state index contributed by atoms with van der Waals surface area (Å²) < 4.78 is 4.88. The number of carbonyl (C=O) groups is 1. The van der Waals surface area contributed by atoms with Gasteiger partial charge in [0.05, 0.1) is 12.3 Å². The third kappa shape index (κ3) is 3.94. The van der Waals surface area contributed by atoms with Gasteiger partial charge in [0, 0.05) is 0 Å². The van der Waals surface area contributed by atoms with E-state index in [4.69, 9.17) is 4.74 Å². The number of ether oxygens (including phenoxy) is 1. The summed E-state index contributed by atoms with van der Waals surface area (Å²) in [5.41, 5.74) is 0.633. The van der Waals surface area contributed by atoms with Gasteiger partial charge in [-0.25, -0.2) is 4.79 Å². The molecule has 0 aliphatic rings. The summed E-state index contributed by atoms with van der Waals surface area (Å²) >= 11 is 0. The second-order valence-electron chi connectivity index (χ2n) is 2.92. The van der Waals surface area contributed by atoms with Crippen molar-refractivity contribution in [2.45, 2.75) is 19.8 Å². The van der Waals surface area contributed by atoms with Gasteiger partial charge in [-0.2, -0.15) is 5.32 Å². The van der Waals surface area contributed by atoms with E-state index in [0.717, 1.165) is 12.8 Å². The SMILES string of the molecule is CCCCOC(=O)[N]c1ccccc1. The third-order valence-corrected chi connectivity index (χ3v) is 1.70. The summed E-state index contributed by atoms with van der Waals surface area (Å²) in [6, 6.07) is 9.07. The van der Waals surface area contributed by atoms with Crippen molar-refractivity contribution in [3.8, 4) is 0 Å². The van der Waals surface area contributed by atoms with Crippen molar-refractivity contribution >= 4 is 11.8 Å². The zero-order valence-electron chi connectivity index (χ0n) is 8.27. The molecule has 0 saturated heterocycles. The Balaban J connectivity index is 2.27. The van der Waals surface area contributed by atoms with E-state index in [0.29, 0.717) is 12.3 Å². The second-order valence-corrected chi connectivity index (χ2v) is 2.92. The van der Waals surface area contributed by atoms with Crippen LogP contribution in [0.15, 0.2) is 30.3 Å². The van der Waals surface area contributed by atoms with E-state index >= 15 is 0 Å². The van der Waals surface area contributed by atoms with E-state index in [9.17, 15) is 4.79 Å². The lowest BCUT2D eigenvalue weighted by atomic mass is 10.3. The average molecular weight is 192 g/mol. The zero-order valence-corrected chi connectivity index (χ0v) is 8.27. The average Bonchev–Trinajstić information content (AvgIpc) is 2.20. The quantitative estimate of drug-likeness (QED) is 0.688. The van der Waals surface area contributed by atoms with Crippen LogP contribution in [0.2, 0.25) is 0 Å². The smallest absolute Gasteiger partial charge is 0.434 e. The molecule has 0 heterocycles. The number of hydrogen-bond acceptors (Lipinski definition) is 2. The summed E-state index contributed by atoms with van der Waals surface area (Å²) in [6.45, 7) is 2.49. The molecule has 14 heavy (non-hydrogen) atoms. The standard InChI is InChI=1S/C11H14NO2/c1-2-3-9-14-11(13)12-10-7-5-4-6-8-10/h4-8H,2-3,9H2,1H3. The second kappa shape index (κ2) is 6.02. The van der Waals surface area contributed by atoms with E-state index in [1.54, 1.807) is 12.1 Å². The van der Waals surface area contributed by atoms with Crippen LogP contribution in [0.25, 0.3) is 0 Å². The minimum Gasteiger partial charge on any atom is -0.448 e. The number of unbranched alkanes of at least 4 members (excludes halogenated alkanes) is 1. The molecule has 0 aliphatic heterocycles. The highest BCUT2D eigenvalue weighted by Crippen LogP contribution is 2.05. The van der Waals surface area contributed by atoms with Crippen molar-refractivity contribution in [1.29, 1.82) is 0 Å². The minimum absolute atomic E-state index is 0.450. The van der Waals surface area contributed by atoms with Crippen LogP contribution in [-0.2, 0) is 4.74 Å². The van der Waals surface area contributed by atoms with E-state index in [-0.39, 0.29) is 0 Å². The van der Waals surface area contributed by atoms with Crippen LogP contribution in [0, 0.1) is 0 Å². The van der Waals surface area contributed by atoms with Crippen molar-refractivity contribution in [2.24, 2.45) is 0 Å². The molecule has 0 unspecified atom stereocenters. The fourth-order valence-corrected chi connectivity index (χ4v) is 0.944. The Labute approximate surface area is 84.1 Å². The molecule has 0 spiro atoms. The molecule has 3 heteroatoms. The van der Waals surface area contributed by atoms with Crippen molar-refractivity contribution in [1.82, 2.24) is 5.32 Å². The molecule has 1 radical (unpaired) electrons. The van der Waals surface area contributed by atoms with Crippen LogP contribution in [0.4, 0.5) is 10.5 Å². The molecule has 75 valence electrons. The Hall–Kier alpha value is -1.51. The topological polar surface area (TPSA) is 40.4 Å². The highest BCUT2D eigenvalue weighted by Gasteiger charge is 2.03. The Morgan fingerprint density at radius 1 is 1.36 bits per heavy atom. The molecule has 1 aromatic rings. The van der Waals surface area contributed by atoms with E-state index < -0.39 is 6.09 Å². The third-order valence-electron chi connectivity index (χ3n) is 1.70. The predicted molar refractivity (Wildman–Crippen MR) is 54.5 cm³/mol. The van der Waals surface area contributed by atoms with Gasteiger partial charge in [0.15, 0.2) is 0 Å². The van der Waals surface area contributed by atoms with Crippen LogP contribution in [0.5, 0.6) is 0 Å². The lowest BCUT2D eigenvalue weighted by molar-refractivity contribution is 0.148. The monoisotopic (exact) mass is 192 g/mol. The zero-order chi connectivity index (χ0) is 10.2. The number of rotatable bonds is 4. The van der Waals surface area contributed by atoms with Gasteiger partial charge in [-0.15, -0.1) is 0 Å². The summed E-state index contributed by atoms with van der Waals surface area (Å²) in [4.78, 5) is 11.1. The highest BCUT2D eigenvalue weighted by molar-refractivity contribution is 5.73. The first-order chi connectivity index (χ1) is 6.83. The maximum Gasteiger partial charge on any atom is 0.434 e. The molecule has 0 aliphatic carbocycles. The van der Waals surface area contributed by atoms with Gasteiger partial charge in [0.2, 0.25) is 0 Å². The maximum atomic E-state index is 11.1. The van der Waals surface area contributed by atoms with Gasteiger partial charge >= 0.3 is 6.09 Å². The highest BCUT2D eigenvalue weighted by atomic mass is 16.5. The molecule has 1 rings (SSSR count). The molecule has 1 amide bonds. The summed E-state index contributed by atoms with van der Waals surface area (Å²) in [6.07, 6.45) is 1.39. The molecule has 0 N–H and O–H groups in total. The van der Waals surface area contributed by atoms with Crippen LogP contribution in [0.3, 0.4) is 0 Å². The maximum absolute atomic E-state index is 11.1. The molecular formula is C11H14NO2. The van der Waals surface area contributed by atoms with Crippen LogP contribution < -0.4 is 5.32 Å². The number of carbonyl (C=O) groups excluding carboxylic acids is 1. The molecule has 0 aromatic heterocycles. The Morgan fingerprint density at radius 2 is 2.07 bits per heavy atom. The first-order valence-corrected chi connectivity index (χ1v) is 4.76. The molecule has 1 aromatic carbocycles. The van der Waals surface area contributed by atoms with Crippen LogP contribution in [0.1, 0.15) is 19.8 Å². The molecule has 0 saturated carbocycles. The van der Waals surface area contributed by atoms with Crippen molar-refractivity contribution in [3.63, 3.8) is 0 Å². The molecule has 0 bridgehead atoms. The predicted octanol–water partition coefficient (Wildman–Crippen LogP) is 2.86. The Kier molecular flexibility index (Phi) is 4.55.